The van der Waals surface area contributed by atoms with Crippen LogP contribution in [-0.2, 0) is 32.7 Å². The van der Waals surface area contributed by atoms with E-state index in [9.17, 15) is 19.0 Å². The van der Waals surface area contributed by atoms with Gasteiger partial charge in [-0.1, -0.05) is 220 Å². The van der Waals surface area contributed by atoms with Crippen molar-refractivity contribution in [3.05, 3.63) is 109 Å². The monoisotopic (exact) mass is 1040 g/mol. The Balaban J connectivity index is 4.24. The minimum absolute atomic E-state index is 0.0401. The lowest BCUT2D eigenvalue weighted by Crippen LogP contribution is -2.37. The molecule has 2 unspecified atom stereocenters. The lowest BCUT2D eigenvalue weighted by molar-refractivity contribution is -0.870. The Morgan fingerprint density at radius 2 is 0.781 bits per heavy atom. The number of phosphoric acid groups is 1. The quantitative estimate of drug-likeness (QED) is 0.0195. The number of esters is 2. The average molecular weight is 1040 g/mol. The second-order valence-electron chi connectivity index (χ2n) is 20.3. The molecule has 0 radical (unpaired) electrons. The van der Waals surface area contributed by atoms with Crippen molar-refractivity contribution in [2.24, 2.45) is 0 Å². The van der Waals surface area contributed by atoms with Crippen molar-refractivity contribution in [2.75, 3.05) is 47.5 Å². The number of carbonyl (C=O) groups excluding carboxylic acids is 2. The van der Waals surface area contributed by atoms with E-state index in [1.807, 2.05) is 21.1 Å². The summed E-state index contributed by atoms with van der Waals surface area (Å²) in [6, 6.07) is 0. The topological polar surface area (TPSA) is 111 Å². The van der Waals surface area contributed by atoms with Gasteiger partial charge in [0.2, 0.25) is 0 Å². The number of quaternary nitrogens is 1. The molecule has 0 aliphatic heterocycles. The largest absolute Gasteiger partial charge is 0.756 e. The summed E-state index contributed by atoms with van der Waals surface area (Å²) in [6.45, 7) is 4.09. The van der Waals surface area contributed by atoms with Gasteiger partial charge in [0.15, 0.2) is 6.10 Å². The van der Waals surface area contributed by atoms with Crippen molar-refractivity contribution in [3.8, 4) is 0 Å². The fourth-order valence-electron chi connectivity index (χ4n) is 7.55. The molecule has 418 valence electrons. The number of allylic oxidation sites excluding steroid dienone is 18. The first-order chi connectivity index (χ1) is 35.5. The second-order valence-corrected chi connectivity index (χ2v) is 21.7. The van der Waals surface area contributed by atoms with Crippen LogP contribution in [0.3, 0.4) is 0 Å². The van der Waals surface area contributed by atoms with Gasteiger partial charge < -0.3 is 27.9 Å². The van der Waals surface area contributed by atoms with E-state index in [1.165, 1.54) is 70.6 Å². The van der Waals surface area contributed by atoms with Crippen LogP contribution in [0, 0.1) is 0 Å². The molecule has 10 heteroatoms. The van der Waals surface area contributed by atoms with Gasteiger partial charge in [-0.25, -0.2) is 0 Å². The summed E-state index contributed by atoms with van der Waals surface area (Å²) in [5.74, 6) is -0.860. The molecule has 0 aliphatic carbocycles. The SMILES string of the molecule is CC/C=C\C/C=C\C/C=C\C/C=C\C/C=C\C/C=C\C/C=C\C/C=C\CCCCCCCCC(=O)OC(COC(=O)CCCCCCCCC/C=C\CCCCCCCCC)COP(=O)([O-])OCC[N+](C)(C)C. The molecule has 9 nitrogen and oxygen atoms in total. The van der Waals surface area contributed by atoms with Crippen molar-refractivity contribution < 1.29 is 42.1 Å². The van der Waals surface area contributed by atoms with E-state index in [0.717, 1.165) is 122 Å². The van der Waals surface area contributed by atoms with E-state index >= 15 is 0 Å². The molecular formula is C63H108NO8P. The molecule has 0 bridgehead atoms. The normalized spacial score (nSPS) is 14.1. The Kier molecular flexibility index (Phi) is 51.1. The number of likely N-dealkylation sites (N-methyl/N-ethyl adjacent to an activating group) is 1. The van der Waals surface area contributed by atoms with Gasteiger partial charge in [0, 0.05) is 12.8 Å². The summed E-state index contributed by atoms with van der Waals surface area (Å²) >= 11 is 0. The molecule has 0 N–H and O–H groups in total. The van der Waals surface area contributed by atoms with Crippen LogP contribution in [0.5, 0.6) is 0 Å². The number of rotatable bonds is 52. The fourth-order valence-corrected chi connectivity index (χ4v) is 8.28. The van der Waals surface area contributed by atoms with Gasteiger partial charge in [-0.2, -0.15) is 0 Å². The number of hydrogen-bond acceptors (Lipinski definition) is 8. The molecule has 0 aromatic heterocycles. The van der Waals surface area contributed by atoms with Crippen LogP contribution in [0.15, 0.2) is 109 Å². The molecular weight excluding hydrogens is 930 g/mol. The van der Waals surface area contributed by atoms with Crippen LogP contribution in [0.25, 0.3) is 0 Å². The number of unbranched alkanes of at least 4 members (excludes halogenated alkanes) is 20. The molecule has 0 saturated carbocycles. The third-order valence-corrected chi connectivity index (χ3v) is 13.0. The van der Waals surface area contributed by atoms with E-state index in [-0.39, 0.29) is 26.1 Å². The van der Waals surface area contributed by atoms with E-state index in [2.05, 4.69) is 123 Å². The Morgan fingerprint density at radius 1 is 0.438 bits per heavy atom. The molecule has 0 aromatic rings. The zero-order valence-electron chi connectivity index (χ0n) is 47.3. The van der Waals surface area contributed by atoms with Crippen LogP contribution < -0.4 is 4.89 Å². The molecule has 0 heterocycles. The Bertz CT molecular complexity index is 1600. The number of ether oxygens (including phenoxy) is 2. The minimum Gasteiger partial charge on any atom is -0.756 e. The zero-order chi connectivity index (χ0) is 53.5. The molecule has 0 aromatic carbocycles. The van der Waals surface area contributed by atoms with Crippen LogP contribution in [0.1, 0.15) is 226 Å². The molecule has 0 aliphatic rings. The Labute approximate surface area is 448 Å². The van der Waals surface area contributed by atoms with Gasteiger partial charge in [0.05, 0.1) is 27.7 Å². The highest BCUT2D eigenvalue weighted by molar-refractivity contribution is 7.45. The maximum Gasteiger partial charge on any atom is 0.306 e. The van der Waals surface area contributed by atoms with Crippen molar-refractivity contribution in [3.63, 3.8) is 0 Å². The van der Waals surface area contributed by atoms with E-state index in [0.29, 0.717) is 17.4 Å². The lowest BCUT2D eigenvalue weighted by Gasteiger charge is -2.28. The lowest BCUT2D eigenvalue weighted by atomic mass is 10.1. The first-order valence-corrected chi connectivity index (χ1v) is 30.6. The number of phosphoric ester groups is 1. The summed E-state index contributed by atoms with van der Waals surface area (Å²) in [6.07, 6.45) is 74.1. The summed E-state index contributed by atoms with van der Waals surface area (Å²) in [7, 11) is 1.14. The van der Waals surface area contributed by atoms with Crippen molar-refractivity contribution in [1.82, 2.24) is 0 Å². The number of nitrogens with zero attached hydrogens (tertiary/aromatic N) is 1. The van der Waals surface area contributed by atoms with E-state index in [1.54, 1.807) is 0 Å². The first-order valence-electron chi connectivity index (χ1n) is 29.1. The van der Waals surface area contributed by atoms with Crippen molar-refractivity contribution in [1.29, 1.82) is 0 Å². The Morgan fingerprint density at radius 3 is 1.18 bits per heavy atom. The summed E-state index contributed by atoms with van der Waals surface area (Å²) in [5, 5.41) is 0. The third kappa shape index (κ3) is 57.8. The summed E-state index contributed by atoms with van der Waals surface area (Å²) in [4.78, 5) is 37.9. The second kappa shape index (κ2) is 53.5. The zero-order valence-corrected chi connectivity index (χ0v) is 48.2. The van der Waals surface area contributed by atoms with Gasteiger partial charge in [-0.05, 0) is 103 Å². The highest BCUT2D eigenvalue weighted by Gasteiger charge is 2.21. The highest BCUT2D eigenvalue weighted by atomic mass is 31.2. The number of carbonyl (C=O) groups is 2. The predicted molar refractivity (Wildman–Crippen MR) is 309 cm³/mol. The maximum absolute atomic E-state index is 12.8. The maximum atomic E-state index is 12.8. The van der Waals surface area contributed by atoms with Crippen molar-refractivity contribution >= 4 is 19.8 Å². The van der Waals surface area contributed by atoms with Gasteiger partial charge in [0.25, 0.3) is 7.82 Å². The van der Waals surface area contributed by atoms with Gasteiger partial charge >= 0.3 is 11.9 Å². The Hall–Kier alpha value is -3.33. The van der Waals surface area contributed by atoms with Gasteiger partial charge in [-0.15, -0.1) is 0 Å². The summed E-state index contributed by atoms with van der Waals surface area (Å²) in [5.41, 5.74) is 0. The highest BCUT2D eigenvalue weighted by Crippen LogP contribution is 2.38. The minimum atomic E-state index is -4.65. The van der Waals surface area contributed by atoms with Crippen LogP contribution in [-0.4, -0.2) is 70.0 Å². The number of hydrogen-bond donors (Lipinski definition) is 0. The molecule has 0 saturated heterocycles. The predicted octanol–water partition coefficient (Wildman–Crippen LogP) is 17.6. The summed E-state index contributed by atoms with van der Waals surface area (Å²) < 4.78 is 34.1. The van der Waals surface area contributed by atoms with E-state index in [4.69, 9.17) is 18.5 Å². The van der Waals surface area contributed by atoms with Crippen LogP contribution in [0.2, 0.25) is 0 Å². The van der Waals surface area contributed by atoms with Gasteiger partial charge in [0.1, 0.15) is 19.8 Å². The van der Waals surface area contributed by atoms with Gasteiger partial charge in [-0.3, -0.25) is 14.2 Å². The standard InChI is InChI=1S/C63H108NO8P/c1-6-8-10-12-14-16-18-20-22-24-26-27-28-29-30-31-32-33-34-35-36-37-38-40-42-44-46-48-50-52-54-56-63(66)72-61(60-71-73(67,68)70-58-57-64(3,4)5)59-69-62(65)55-53-51-49-47-45-43-41-39-25-23-21-19-17-15-13-11-9-7-2/h8,10,14,16,20,22-23,25-27,29-30,32-33,35-36,38,40,61H,6-7,9,11-13,15,17-19,21,24,28,31,34,37,39,41-60H2,1-5H3/b10-8-,16-14-,22-20-,25-23-,27-26-,30-29-,33-32-,36-35-,40-38-. The van der Waals surface area contributed by atoms with Crippen LogP contribution >= 0.6 is 7.82 Å². The molecule has 0 spiro atoms. The molecule has 2 atom stereocenters. The first kappa shape index (κ1) is 69.7. The third-order valence-electron chi connectivity index (χ3n) is 12.0. The molecule has 73 heavy (non-hydrogen) atoms. The van der Waals surface area contributed by atoms with Crippen LogP contribution in [0.4, 0.5) is 0 Å². The molecule has 0 amide bonds. The molecule has 0 rings (SSSR count). The fraction of sp³-hybridized carbons (Fsp3) is 0.683. The average Bonchev–Trinajstić information content (AvgIpc) is 3.35. The van der Waals surface area contributed by atoms with E-state index < -0.39 is 32.5 Å². The van der Waals surface area contributed by atoms with Crippen molar-refractivity contribution in [2.45, 2.75) is 232 Å². The smallest absolute Gasteiger partial charge is 0.306 e. The molecule has 0 fully saturated rings.